The molecule has 0 radical (unpaired) electrons. The number of hydrogen-bond donors (Lipinski definition) is 3. The summed E-state index contributed by atoms with van der Waals surface area (Å²) in [7, 11) is 0. The zero-order valence-corrected chi connectivity index (χ0v) is 13.4. The monoisotopic (exact) mass is 338 g/mol. The Kier molecular flexibility index (Phi) is 5.29. The number of benzene rings is 2. The Morgan fingerprint density at radius 3 is 2.45 bits per heavy atom. The van der Waals surface area contributed by atoms with Gasteiger partial charge in [-0.1, -0.05) is 53.5 Å². The molecule has 1 unspecified atom stereocenters. The average Bonchev–Trinajstić information content (AvgIpc) is 2.50. The molecular weight excluding hydrogens is 323 g/mol. The SMILES string of the molecule is CC(O)(CNC(=O)Nc1ccc(Cl)c(Cl)c1)c1ccccc1. The third kappa shape index (κ3) is 4.37. The van der Waals surface area contributed by atoms with Crippen LogP contribution in [0.4, 0.5) is 10.5 Å². The molecule has 2 rings (SSSR count). The summed E-state index contributed by atoms with van der Waals surface area (Å²) in [6, 6.07) is 13.5. The van der Waals surface area contributed by atoms with Crippen LogP contribution in [-0.4, -0.2) is 17.7 Å². The second-order valence-corrected chi connectivity index (χ2v) is 5.89. The summed E-state index contributed by atoms with van der Waals surface area (Å²) in [5.74, 6) is 0. The van der Waals surface area contributed by atoms with Gasteiger partial charge in [0.25, 0.3) is 0 Å². The Morgan fingerprint density at radius 2 is 1.82 bits per heavy atom. The fourth-order valence-electron chi connectivity index (χ4n) is 1.90. The molecule has 0 aliphatic heterocycles. The van der Waals surface area contributed by atoms with Crippen LogP contribution in [0.5, 0.6) is 0 Å². The fourth-order valence-corrected chi connectivity index (χ4v) is 2.20. The second-order valence-electron chi connectivity index (χ2n) is 5.08. The Hall–Kier alpha value is -1.75. The van der Waals surface area contributed by atoms with Crippen molar-refractivity contribution in [3.05, 3.63) is 64.1 Å². The van der Waals surface area contributed by atoms with Gasteiger partial charge in [-0.15, -0.1) is 0 Å². The zero-order chi connectivity index (χ0) is 16.2. The number of halogens is 2. The molecule has 0 heterocycles. The number of aliphatic hydroxyl groups is 1. The van der Waals surface area contributed by atoms with Gasteiger partial charge in [-0.3, -0.25) is 0 Å². The first-order valence-electron chi connectivity index (χ1n) is 6.66. The number of carbonyl (C=O) groups excluding carboxylic acids is 1. The van der Waals surface area contributed by atoms with E-state index in [1.165, 1.54) is 0 Å². The molecule has 22 heavy (non-hydrogen) atoms. The molecule has 2 aromatic carbocycles. The number of carbonyl (C=O) groups is 1. The molecule has 0 fully saturated rings. The van der Waals surface area contributed by atoms with E-state index in [-0.39, 0.29) is 6.54 Å². The predicted molar refractivity (Wildman–Crippen MR) is 89.5 cm³/mol. The molecule has 3 N–H and O–H groups in total. The average molecular weight is 339 g/mol. The molecule has 0 bridgehead atoms. The Bertz CT molecular complexity index is 660. The molecule has 2 aromatic rings. The van der Waals surface area contributed by atoms with Gasteiger partial charge in [0, 0.05) is 5.69 Å². The van der Waals surface area contributed by atoms with Gasteiger partial charge in [-0.2, -0.15) is 0 Å². The van der Waals surface area contributed by atoms with Gasteiger partial charge in [0.1, 0.15) is 5.60 Å². The highest BCUT2D eigenvalue weighted by atomic mass is 35.5. The maximum Gasteiger partial charge on any atom is 0.319 e. The smallest absolute Gasteiger partial charge is 0.319 e. The highest BCUT2D eigenvalue weighted by molar-refractivity contribution is 6.42. The minimum atomic E-state index is -1.16. The molecule has 2 amide bonds. The molecule has 0 aliphatic carbocycles. The predicted octanol–water partition coefficient (Wildman–Crippen LogP) is 4.02. The van der Waals surface area contributed by atoms with E-state index in [9.17, 15) is 9.90 Å². The lowest BCUT2D eigenvalue weighted by atomic mass is 9.96. The first-order chi connectivity index (χ1) is 10.4. The quantitative estimate of drug-likeness (QED) is 0.788. The Balaban J connectivity index is 1.93. The van der Waals surface area contributed by atoms with E-state index < -0.39 is 11.6 Å². The van der Waals surface area contributed by atoms with Gasteiger partial charge in [0.05, 0.1) is 16.6 Å². The molecule has 0 saturated carbocycles. The minimum absolute atomic E-state index is 0.0736. The maximum atomic E-state index is 11.9. The lowest BCUT2D eigenvalue weighted by Crippen LogP contribution is -2.40. The van der Waals surface area contributed by atoms with Crippen molar-refractivity contribution in [3.63, 3.8) is 0 Å². The van der Waals surface area contributed by atoms with Crippen LogP contribution < -0.4 is 10.6 Å². The van der Waals surface area contributed by atoms with Gasteiger partial charge < -0.3 is 15.7 Å². The summed E-state index contributed by atoms with van der Waals surface area (Å²) in [6.45, 7) is 1.71. The third-order valence-corrected chi connectivity index (χ3v) is 3.91. The largest absolute Gasteiger partial charge is 0.384 e. The summed E-state index contributed by atoms with van der Waals surface area (Å²) in [5.41, 5.74) is 0.0899. The molecule has 0 saturated heterocycles. The molecule has 6 heteroatoms. The van der Waals surface area contributed by atoms with Crippen molar-refractivity contribution in [3.8, 4) is 0 Å². The van der Waals surface area contributed by atoms with E-state index in [0.717, 1.165) is 5.56 Å². The van der Waals surface area contributed by atoms with Crippen LogP contribution in [0.25, 0.3) is 0 Å². The molecule has 1 atom stereocenters. The summed E-state index contributed by atoms with van der Waals surface area (Å²) in [4.78, 5) is 11.9. The van der Waals surface area contributed by atoms with Crippen molar-refractivity contribution in [2.45, 2.75) is 12.5 Å². The molecule has 116 valence electrons. The minimum Gasteiger partial charge on any atom is -0.384 e. The Morgan fingerprint density at radius 1 is 1.14 bits per heavy atom. The van der Waals surface area contributed by atoms with Crippen molar-refractivity contribution in [1.29, 1.82) is 0 Å². The molecule has 0 spiro atoms. The van der Waals surface area contributed by atoms with Crippen LogP contribution in [0.3, 0.4) is 0 Å². The highest BCUT2D eigenvalue weighted by Crippen LogP contribution is 2.25. The molecule has 0 aromatic heterocycles. The zero-order valence-electron chi connectivity index (χ0n) is 11.9. The number of amides is 2. The van der Waals surface area contributed by atoms with Crippen LogP contribution >= 0.6 is 23.2 Å². The van der Waals surface area contributed by atoms with Crippen molar-refractivity contribution in [2.24, 2.45) is 0 Å². The lowest BCUT2D eigenvalue weighted by molar-refractivity contribution is 0.0599. The number of anilines is 1. The number of urea groups is 1. The van der Waals surface area contributed by atoms with Gasteiger partial charge in [0.15, 0.2) is 0 Å². The molecular formula is C16H16Cl2N2O2. The van der Waals surface area contributed by atoms with Crippen molar-refractivity contribution >= 4 is 34.9 Å². The van der Waals surface area contributed by atoms with Gasteiger partial charge in [-0.05, 0) is 30.7 Å². The molecule has 0 aliphatic rings. The van der Waals surface area contributed by atoms with Gasteiger partial charge in [0.2, 0.25) is 0 Å². The summed E-state index contributed by atoms with van der Waals surface area (Å²) in [5, 5.41) is 16.4. The molecule has 4 nitrogen and oxygen atoms in total. The van der Waals surface area contributed by atoms with Gasteiger partial charge in [-0.25, -0.2) is 4.79 Å². The first kappa shape index (κ1) is 16.6. The maximum absolute atomic E-state index is 11.9. The van der Waals surface area contributed by atoms with Crippen LogP contribution in [0.2, 0.25) is 10.0 Å². The van der Waals surface area contributed by atoms with E-state index in [0.29, 0.717) is 15.7 Å². The van der Waals surface area contributed by atoms with E-state index in [2.05, 4.69) is 10.6 Å². The van der Waals surface area contributed by atoms with Crippen LogP contribution in [0.1, 0.15) is 12.5 Å². The van der Waals surface area contributed by atoms with Crippen molar-refractivity contribution in [2.75, 3.05) is 11.9 Å². The van der Waals surface area contributed by atoms with E-state index in [1.807, 2.05) is 18.2 Å². The van der Waals surface area contributed by atoms with E-state index in [4.69, 9.17) is 23.2 Å². The third-order valence-electron chi connectivity index (χ3n) is 3.17. The topological polar surface area (TPSA) is 61.4 Å². The number of nitrogens with one attached hydrogen (secondary N) is 2. The fraction of sp³-hybridized carbons (Fsp3) is 0.188. The van der Waals surface area contributed by atoms with Crippen LogP contribution in [0.15, 0.2) is 48.5 Å². The highest BCUT2D eigenvalue weighted by Gasteiger charge is 2.23. The summed E-state index contributed by atoms with van der Waals surface area (Å²) >= 11 is 11.7. The number of rotatable bonds is 4. The lowest BCUT2D eigenvalue weighted by Gasteiger charge is -2.24. The summed E-state index contributed by atoms with van der Waals surface area (Å²) in [6.07, 6.45) is 0. The number of hydrogen-bond acceptors (Lipinski definition) is 2. The van der Waals surface area contributed by atoms with Crippen molar-refractivity contribution < 1.29 is 9.90 Å². The van der Waals surface area contributed by atoms with Crippen molar-refractivity contribution in [1.82, 2.24) is 5.32 Å². The standard InChI is InChI=1S/C16H16Cl2N2O2/c1-16(22,11-5-3-2-4-6-11)10-19-15(21)20-12-7-8-13(17)14(18)9-12/h2-9,22H,10H2,1H3,(H2,19,20,21). The summed E-state index contributed by atoms with van der Waals surface area (Å²) < 4.78 is 0. The Labute approximate surface area is 139 Å². The normalized spacial score (nSPS) is 13.3. The van der Waals surface area contributed by atoms with Crippen LogP contribution in [-0.2, 0) is 5.60 Å². The van der Waals surface area contributed by atoms with E-state index >= 15 is 0 Å². The first-order valence-corrected chi connectivity index (χ1v) is 7.42. The van der Waals surface area contributed by atoms with Crippen LogP contribution in [0, 0.1) is 0 Å². The second kappa shape index (κ2) is 7.01. The van der Waals surface area contributed by atoms with E-state index in [1.54, 1.807) is 37.3 Å². The van der Waals surface area contributed by atoms with Gasteiger partial charge >= 0.3 is 6.03 Å².